The molecule has 21 heavy (non-hydrogen) atoms. The summed E-state index contributed by atoms with van der Waals surface area (Å²) in [5, 5.41) is 8.90. The predicted octanol–water partition coefficient (Wildman–Crippen LogP) is 4.61. The van der Waals surface area contributed by atoms with Crippen molar-refractivity contribution < 1.29 is 0 Å². The number of hydrogen-bond acceptors (Lipinski definition) is 5. The molecule has 0 atom stereocenters. The van der Waals surface area contributed by atoms with Gasteiger partial charge in [0.25, 0.3) is 0 Å². The van der Waals surface area contributed by atoms with Crippen LogP contribution in [0.3, 0.4) is 0 Å². The number of nitrogens with one attached hydrogen (secondary N) is 2. The topological polar surface area (TPSA) is 49.8 Å². The van der Waals surface area contributed by atoms with Crippen LogP contribution in [0.25, 0.3) is 0 Å². The maximum atomic E-state index is 4.62. The van der Waals surface area contributed by atoms with Crippen LogP contribution in [0.5, 0.6) is 0 Å². The highest BCUT2D eigenvalue weighted by Gasteiger charge is 2.10. The van der Waals surface area contributed by atoms with E-state index < -0.39 is 0 Å². The maximum absolute atomic E-state index is 4.62. The van der Waals surface area contributed by atoms with E-state index in [1.807, 2.05) is 0 Å². The van der Waals surface area contributed by atoms with E-state index in [1.165, 1.54) is 4.88 Å². The molecule has 2 rings (SSSR count). The maximum Gasteiger partial charge on any atom is 0.135 e. The minimum absolute atomic E-state index is 0.770. The molecule has 0 aliphatic carbocycles. The van der Waals surface area contributed by atoms with Gasteiger partial charge in [0.1, 0.15) is 17.5 Å². The monoisotopic (exact) mass is 368 g/mol. The van der Waals surface area contributed by atoms with Crippen LogP contribution in [-0.2, 0) is 13.0 Å². The smallest absolute Gasteiger partial charge is 0.135 e. The van der Waals surface area contributed by atoms with Crippen molar-refractivity contribution in [2.24, 2.45) is 0 Å². The van der Waals surface area contributed by atoms with Gasteiger partial charge in [-0.2, -0.15) is 0 Å². The van der Waals surface area contributed by atoms with E-state index in [9.17, 15) is 0 Å². The van der Waals surface area contributed by atoms with Gasteiger partial charge in [-0.05, 0) is 40.7 Å². The van der Waals surface area contributed by atoms with Crippen LogP contribution >= 0.6 is 27.3 Å². The fourth-order valence-electron chi connectivity index (χ4n) is 1.92. The van der Waals surface area contributed by atoms with E-state index in [4.69, 9.17) is 0 Å². The zero-order valence-corrected chi connectivity index (χ0v) is 15.1. The summed E-state index contributed by atoms with van der Waals surface area (Å²) in [4.78, 5) is 10.5. The number of thiophene rings is 1. The number of hydrogen-bond donors (Lipinski definition) is 2. The van der Waals surface area contributed by atoms with E-state index in [1.54, 1.807) is 11.3 Å². The van der Waals surface area contributed by atoms with Gasteiger partial charge in [-0.3, -0.25) is 0 Å². The second-order valence-electron chi connectivity index (χ2n) is 4.79. The fraction of sp³-hybridized carbons (Fsp3) is 0.467. The first-order valence-corrected chi connectivity index (χ1v) is 8.90. The molecular formula is C15H21BrN4S. The van der Waals surface area contributed by atoms with E-state index in [2.05, 4.69) is 68.7 Å². The molecular weight excluding hydrogens is 348 g/mol. The number of halogens is 1. The SMILES string of the molecule is CCCNc1nc(CC)nc(NCc2sccc2Br)c1C. The number of nitrogens with zero attached hydrogens (tertiary/aromatic N) is 2. The van der Waals surface area contributed by atoms with Gasteiger partial charge >= 0.3 is 0 Å². The molecule has 2 aromatic heterocycles. The van der Waals surface area contributed by atoms with Crippen LogP contribution in [0.1, 0.15) is 36.5 Å². The Hall–Kier alpha value is -1.14. The first kappa shape index (κ1) is 16.2. The second kappa shape index (κ2) is 7.75. The third kappa shape index (κ3) is 4.17. The zero-order chi connectivity index (χ0) is 15.2. The Morgan fingerprint density at radius 1 is 1.19 bits per heavy atom. The van der Waals surface area contributed by atoms with Crippen molar-refractivity contribution in [2.45, 2.75) is 40.2 Å². The van der Waals surface area contributed by atoms with E-state index in [0.717, 1.165) is 53.4 Å². The highest BCUT2D eigenvalue weighted by molar-refractivity contribution is 9.10. The second-order valence-corrected chi connectivity index (χ2v) is 6.64. The van der Waals surface area contributed by atoms with Crippen molar-refractivity contribution >= 4 is 38.9 Å². The van der Waals surface area contributed by atoms with Crippen molar-refractivity contribution in [3.8, 4) is 0 Å². The lowest BCUT2D eigenvalue weighted by molar-refractivity contribution is 0.904. The quantitative estimate of drug-likeness (QED) is 0.749. The lowest BCUT2D eigenvalue weighted by Gasteiger charge is -2.14. The minimum atomic E-state index is 0.770. The molecule has 0 saturated heterocycles. The summed E-state index contributed by atoms with van der Waals surface area (Å²) >= 11 is 5.29. The van der Waals surface area contributed by atoms with Gasteiger partial charge in [0.15, 0.2) is 0 Å². The summed E-state index contributed by atoms with van der Waals surface area (Å²) < 4.78 is 1.15. The van der Waals surface area contributed by atoms with Gasteiger partial charge < -0.3 is 10.6 Å². The first-order chi connectivity index (χ1) is 10.2. The van der Waals surface area contributed by atoms with Crippen molar-refractivity contribution in [1.29, 1.82) is 0 Å². The average molecular weight is 369 g/mol. The third-order valence-corrected chi connectivity index (χ3v) is 5.08. The lowest BCUT2D eigenvalue weighted by Crippen LogP contribution is -2.11. The Bertz CT molecular complexity index is 597. The third-order valence-electron chi connectivity index (χ3n) is 3.16. The number of rotatable bonds is 7. The molecule has 0 spiro atoms. The summed E-state index contributed by atoms with van der Waals surface area (Å²) in [6, 6.07) is 2.07. The predicted molar refractivity (Wildman–Crippen MR) is 94.3 cm³/mol. The van der Waals surface area contributed by atoms with Crippen LogP contribution in [-0.4, -0.2) is 16.5 Å². The summed E-state index contributed by atoms with van der Waals surface area (Å²) in [6.07, 6.45) is 1.91. The average Bonchev–Trinajstić information content (AvgIpc) is 2.90. The molecule has 0 aliphatic heterocycles. The zero-order valence-electron chi connectivity index (χ0n) is 12.7. The molecule has 0 amide bonds. The molecule has 2 heterocycles. The largest absolute Gasteiger partial charge is 0.370 e. The summed E-state index contributed by atoms with van der Waals surface area (Å²) in [5.41, 5.74) is 1.08. The van der Waals surface area contributed by atoms with Gasteiger partial charge in [-0.25, -0.2) is 9.97 Å². The minimum Gasteiger partial charge on any atom is -0.370 e. The highest BCUT2D eigenvalue weighted by atomic mass is 79.9. The number of aryl methyl sites for hydroxylation is 1. The molecule has 0 fully saturated rings. The number of anilines is 2. The Balaban J connectivity index is 2.19. The summed E-state index contributed by atoms with van der Waals surface area (Å²) in [6.45, 7) is 7.98. The van der Waals surface area contributed by atoms with Crippen LogP contribution in [0.15, 0.2) is 15.9 Å². The van der Waals surface area contributed by atoms with Crippen molar-refractivity contribution in [2.75, 3.05) is 17.2 Å². The van der Waals surface area contributed by atoms with Crippen LogP contribution in [0.2, 0.25) is 0 Å². The van der Waals surface area contributed by atoms with Gasteiger partial charge in [0, 0.05) is 27.9 Å². The molecule has 114 valence electrons. The van der Waals surface area contributed by atoms with E-state index in [-0.39, 0.29) is 0 Å². The molecule has 0 radical (unpaired) electrons. The Labute approximate surface area is 138 Å². The molecule has 4 nitrogen and oxygen atoms in total. The Morgan fingerprint density at radius 3 is 2.48 bits per heavy atom. The summed E-state index contributed by atoms with van der Waals surface area (Å²) in [5.74, 6) is 2.73. The fourth-order valence-corrected chi connectivity index (χ4v) is 3.36. The molecule has 6 heteroatoms. The van der Waals surface area contributed by atoms with Crippen molar-refractivity contribution in [3.63, 3.8) is 0 Å². The molecule has 0 saturated carbocycles. The molecule has 0 aliphatic rings. The van der Waals surface area contributed by atoms with Crippen molar-refractivity contribution in [1.82, 2.24) is 9.97 Å². The normalized spacial score (nSPS) is 10.7. The van der Waals surface area contributed by atoms with Gasteiger partial charge in [0.05, 0.1) is 6.54 Å². The van der Waals surface area contributed by atoms with Gasteiger partial charge in [-0.1, -0.05) is 13.8 Å². The number of aromatic nitrogens is 2. The Morgan fingerprint density at radius 2 is 1.90 bits per heavy atom. The van der Waals surface area contributed by atoms with Gasteiger partial charge in [-0.15, -0.1) is 11.3 Å². The van der Waals surface area contributed by atoms with Crippen LogP contribution in [0, 0.1) is 6.92 Å². The van der Waals surface area contributed by atoms with Crippen LogP contribution < -0.4 is 10.6 Å². The highest BCUT2D eigenvalue weighted by Crippen LogP contribution is 2.25. The first-order valence-electron chi connectivity index (χ1n) is 7.22. The molecule has 2 N–H and O–H groups in total. The van der Waals surface area contributed by atoms with Crippen molar-refractivity contribution in [3.05, 3.63) is 32.2 Å². The summed E-state index contributed by atoms with van der Waals surface area (Å²) in [7, 11) is 0. The van der Waals surface area contributed by atoms with E-state index >= 15 is 0 Å². The molecule has 0 bridgehead atoms. The van der Waals surface area contributed by atoms with Crippen LogP contribution in [0.4, 0.5) is 11.6 Å². The molecule has 2 aromatic rings. The standard InChI is InChI=1S/C15H21BrN4S/c1-4-7-17-14-10(3)15(20-13(5-2)19-14)18-9-12-11(16)6-8-21-12/h6,8H,4-5,7,9H2,1-3H3,(H2,17,18,19,20). The Kier molecular flexibility index (Phi) is 5.99. The van der Waals surface area contributed by atoms with Gasteiger partial charge in [0.2, 0.25) is 0 Å². The lowest BCUT2D eigenvalue weighted by atomic mass is 10.2. The molecule has 0 aromatic carbocycles. The van der Waals surface area contributed by atoms with E-state index in [0.29, 0.717) is 0 Å². The molecule has 0 unspecified atom stereocenters.